The van der Waals surface area contributed by atoms with Gasteiger partial charge >= 0.3 is 0 Å². The summed E-state index contributed by atoms with van der Waals surface area (Å²) in [7, 11) is 0. The molecule has 1 saturated carbocycles. The van der Waals surface area contributed by atoms with E-state index in [0.717, 1.165) is 11.4 Å². The number of hydrogen-bond acceptors (Lipinski definition) is 4. The molecule has 0 spiro atoms. The third kappa shape index (κ3) is 2.81. The van der Waals surface area contributed by atoms with Crippen LogP contribution in [0.4, 0.5) is 5.69 Å². The van der Waals surface area contributed by atoms with Gasteiger partial charge in [-0.1, -0.05) is 6.07 Å². The fourth-order valence-corrected chi connectivity index (χ4v) is 2.06. The van der Waals surface area contributed by atoms with Gasteiger partial charge in [0.1, 0.15) is 0 Å². The Morgan fingerprint density at radius 3 is 2.89 bits per heavy atom. The van der Waals surface area contributed by atoms with Crippen LogP contribution in [0.2, 0.25) is 0 Å². The van der Waals surface area contributed by atoms with E-state index in [1.54, 1.807) is 18.5 Å². The Bertz CT molecular complexity index is 604. The van der Waals surface area contributed by atoms with Gasteiger partial charge in [-0.25, -0.2) is 4.68 Å². The number of nitrogens with zero attached hydrogens (tertiary/aromatic N) is 3. The molecular weight excluding hydrogens is 240 g/mol. The van der Waals surface area contributed by atoms with Gasteiger partial charge in [-0.15, -0.1) is 0 Å². The maximum absolute atomic E-state index is 12.0. The summed E-state index contributed by atoms with van der Waals surface area (Å²) < 4.78 is 1.42. The van der Waals surface area contributed by atoms with Crippen molar-refractivity contribution in [2.75, 3.05) is 5.32 Å². The summed E-state index contributed by atoms with van der Waals surface area (Å²) in [4.78, 5) is 16.2. The fourth-order valence-electron chi connectivity index (χ4n) is 2.06. The molecule has 1 N–H and O–H groups in total. The van der Waals surface area contributed by atoms with E-state index in [0.29, 0.717) is 12.6 Å². The Hall–Kier alpha value is -2.17. The first-order chi connectivity index (χ1) is 9.31. The van der Waals surface area contributed by atoms with E-state index in [2.05, 4.69) is 15.4 Å². The number of anilines is 1. The topological polar surface area (TPSA) is 59.8 Å². The van der Waals surface area contributed by atoms with E-state index >= 15 is 0 Å². The smallest absolute Gasteiger partial charge is 0.269 e. The molecule has 2 aromatic rings. The van der Waals surface area contributed by atoms with E-state index in [1.807, 2.05) is 18.2 Å². The molecule has 0 saturated heterocycles. The van der Waals surface area contributed by atoms with E-state index < -0.39 is 0 Å². The second kappa shape index (κ2) is 5.22. The molecule has 0 aliphatic heterocycles. The summed E-state index contributed by atoms with van der Waals surface area (Å²) in [6.45, 7) is 0.406. The van der Waals surface area contributed by atoms with Gasteiger partial charge in [-0.2, -0.15) is 5.10 Å². The first-order valence-electron chi connectivity index (χ1n) is 6.55. The molecule has 0 radical (unpaired) electrons. The van der Waals surface area contributed by atoms with Crippen molar-refractivity contribution in [2.24, 2.45) is 0 Å². The standard InChI is InChI=1S/C14H16N4O/c19-14-8-13(17-11-5-3-6-11)9-16-18(14)10-12-4-1-2-7-15-12/h1-2,4,7-9,11,17H,3,5-6,10H2. The van der Waals surface area contributed by atoms with Gasteiger partial charge in [0.05, 0.1) is 24.1 Å². The summed E-state index contributed by atoms with van der Waals surface area (Å²) in [5.41, 5.74) is 1.54. The molecule has 0 unspecified atom stereocenters. The Morgan fingerprint density at radius 1 is 1.37 bits per heavy atom. The van der Waals surface area contributed by atoms with Crippen LogP contribution in [-0.4, -0.2) is 20.8 Å². The Morgan fingerprint density at radius 2 is 2.26 bits per heavy atom. The molecule has 0 aromatic carbocycles. The van der Waals surface area contributed by atoms with Gasteiger partial charge in [0.25, 0.3) is 5.56 Å². The highest BCUT2D eigenvalue weighted by Crippen LogP contribution is 2.21. The summed E-state index contributed by atoms with van der Waals surface area (Å²) in [6.07, 6.45) is 7.05. The summed E-state index contributed by atoms with van der Waals surface area (Å²) >= 11 is 0. The van der Waals surface area contributed by atoms with Crippen LogP contribution in [0.5, 0.6) is 0 Å². The van der Waals surface area contributed by atoms with Crippen LogP contribution in [0, 0.1) is 0 Å². The molecule has 1 aliphatic rings. The summed E-state index contributed by atoms with van der Waals surface area (Å²) in [5, 5.41) is 7.51. The van der Waals surface area contributed by atoms with E-state index in [1.165, 1.54) is 23.9 Å². The Kier molecular flexibility index (Phi) is 3.27. The molecule has 1 aliphatic carbocycles. The molecule has 5 nitrogen and oxygen atoms in total. The quantitative estimate of drug-likeness (QED) is 0.903. The monoisotopic (exact) mass is 256 g/mol. The van der Waals surface area contributed by atoms with Gasteiger partial charge in [-0.05, 0) is 31.4 Å². The van der Waals surface area contributed by atoms with Crippen LogP contribution in [0.3, 0.4) is 0 Å². The molecule has 0 atom stereocenters. The van der Waals surface area contributed by atoms with Crippen molar-refractivity contribution in [1.82, 2.24) is 14.8 Å². The minimum atomic E-state index is -0.102. The summed E-state index contributed by atoms with van der Waals surface area (Å²) in [6, 6.07) is 7.75. The molecule has 3 rings (SSSR count). The highest BCUT2D eigenvalue weighted by Gasteiger charge is 2.17. The first-order valence-corrected chi connectivity index (χ1v) is 6.55. The third-order valence-electron chi connectivity index (χ3n) is 3.38. The molecule has 0 amide bonds. The Balaban J connectivity index is 1.74. The third-order valence-corrected chi connectivity index (χ3v) is 3.38. The molecular formula is C14H16N4O. The molecule has 2 aromatic heterocycles. The van der Waals surface area contributed by atoms with Crippen molar-refractivity contribution < 1.29 is 0 Å². The first kappa shape index (κ1) is 11.9. The summed E-state index contributed by atoms with van der Waals surface area (Å²) in [5.74, 6) is 0. The highest BCUT2D eigenvalue weighted by molar-refractivity contribution is 5.40. The zero-order valence-electron chi connectivity index (χ0n) is 10.6. The minimum absolute atomic E-state index is 0.102. The molecule has 19 heavy (non-hydrogen) atoms. The molecule has 0 bridgehead atoms. The number of aromatic nitrogens is 3. The molecule has 98 valence electrons. The maximum Gasteiger partial charge on any atom is 0.269 e. The van der Waals surface area contributed by atoms with Crippen molar-refractivity contribution in [3.05, 3.63) is 52.7 Å². The number of pyridine rings is 1. The largest absolute Gasteiger partial charge is 0.381 e. The van der Waals surface area contributed by atoms with Crippen LogP contribution in [-0.2, 0) is 6.54 Å². The molecule has 2 heterocycles. The van der Waals surface area contributed by atoms with Gasteiger partial charge in [0.2, 0.25) is 0 Å². The normalized spacial score (nSPS) is 14.9. The average Bonchev–Trinajstić information content (AvgIpc) is 2.38. The molecule has 5 heteroatoms. The van der Waals surface area contributed by atoms with E-state index in [4.69, 9.17) is 0 Å². The van der Waals surface area contributed by atoms with E-state index in [9.17, 15) is 4.79 Å². The van der Waals surface area contributed by atoms with Crippen LogP contribution in [0.1, 0.15) is 25.0 Å². The van der Waals surface area contributed by atoms with Crippen molar-refractivity contribution in [3.8, 4) is 0 Å². The highest BCUT2D eigenvalue weighted by atomic mass is 16.1. The minimum Gasteiger partial charge on any atom is -0.381 e. The lowest BCUT2D eigenvalue weighted by Crippen LogP contribution is -2.29. The van der Waals surface area contributed by atoms with Crippen molar-refractivity contribution in [1.29, 1.82) is 0 Å². The van der Waals surface area contributed by atoms with Crippen LogP contribution < -0.4 is 10.9 Å². The predicted octanol–water partition coefficient (Wildman–Crippen LogP) is 1.65. The number of rotatable bonds is 4. The van der Waals surface area contributed by atoms with Crippen molar-refractivity contribution >= 4 is 5.69 Å². The predicted molar refractivity (Wildman–Crippen MR) is 73.1 cm³/mol. The van der Waals surface area contributed by atoms with Gasteiger partial charge in [0, 0.05) is 18.3 Å². The SMILES string of the molecule is O=c1cc(NC2CCC2)cnn1Cc1ccccn1. The van der Waals surface area contributed by atoms with E-state index in [-0.39, 0.29) is 5.56 Å². The zero-order valence-corrected chi connectivity index (χ0v) is 10.6. The average molecular weight is 256 g/mol. The van der Waals surface area contributed by atoms with Crippen LogP contribution >= 0.6 is 0 Å². The lowest BCUT2D eigenvalue weighted by Gasteiger charge is -2.27. The van der Waals surface area contributed by atoms with Crippen molar-refractivity contribution in [2.45, 2.75) is 31.8 Å². The second-order valence-electron chi connectivity index (χ2n) is 4.83. The lowest BCUT2D eigenvalue weighted by molar-refractivity contribution is 0.445. The number of nitrogens with one attached hydrogen (secondary N) is 1. The second-order valence-corrected chi connectivity index (χ2v) is 4.83. The zero-order chi connectivity index (χ0) is 13.1. The van der Waals surface area contributed by atoms with Gasteiger partial charge < -0.3 is 5.32 Å². The van der Waals surface area contributed by atoms with Gasteiger partial charge in [0.15, 0.2) is 0 Å². The fraction of sp³-hybridized carbons (Fsp3) is 0.357. The van der Waals surface area contributed by atoms with Gasteiger partial charge in [-0.3, -0.25) is 9.78 Å². The Labute approximate surface area is 111 Å². The van der Waals surface area contributed by atoms with Crippen molar-refractivity contribution in [3.63, 3.8) is 0 Å². The maximum atomic E-state index is 12.0. The van der Waals surface area contributed by atoms with Crippen LogP contribution in [0.15, 0.2) is 41.5 Å². The lowest BCUT2D eigenvalue weighted by atomic mass is 9.93. The number of hydrogen-bond donors (Lipinski definition) is 1. The van der Waals surface area contributed by atoms with Crippen LogP contribution in [0.25, 0.3) is 0 Å². The molecule has 1 fully saturated rings.